The predicted octanol–water partition coefficient (Wildman–Crippen LogP) is 5.19. The Morgan fingerprint density at radius 2 is 1.71 bits per heavy atom. The summed E-state index contributed by atoms with van der Waals surface area (Å²) in [5, 5.41) is 2.45. The molecule has 1 aliphatic carbocycles. The summed E-state index contributed by atoms with van der Waals surface area (Å²) in [4.78, 5) is 12.1. The lowest BCUT2D eigenvalue weighted by Gasteiger charge is -2.13. The molecule has 1 saturated carbocycles. The first-order chi connectivity index (χ1) is 11.5. The van der Waals surface area contributed by atoms with Crippen LogP contribution in [0.15, 0.2) is 36.4 Å². The number of hydrogen-bond donors (Lipinski definition) is 1. The highest BCUT2D eigenvalue weighted by atomic mass is 35.5. The molecule has 3 nitrogen and oxygen atoms in total. The van der Waals surface area contributed by atoms with Crippen molar-refractivity contribution in [2.45, 2.75) is 31.8 Å². The molecular formula is C18H16ClF2NO2. The van der Waals surface area contributed by atoms with Gasteiger partial charge in [-0.1, -0.05) is 11.6 Å². The Bertz CT molecular complexity index is 743. The number of hydrogen-bond acceptors (Lipinski definition) is 2. The van der Waals surface area contributed by atoms with Gasteiger partial charge in [-0.15, -0.1) is 0 Å². The molecule has 1 N–H and O–H groups in total. The Morgan fingerprint density at radius 3 is 2.38 bits per heavy atom. The molecule has 0 radical (unpaired) electrons. The van der Waals surface area contributed by atoms with Crippen molar-refractivity contribution in [2.24, 2.45) is 0 Å². The average Bonchev–Trinajstić information content (AvgIpc) is 3.05. The Kier molecular flexibility index (Phi) is 5.00. The van der Waals surface area contributed by atoms with E-state index in [1.54, 1.807) is 24.3 Å². The first-order valence-electron chi connectivity index (χ1n) is 7.75. The molecule has 0 saturated heterocycles. The molecule has 1 fully saturated rings. The van der Waals surface area contributed by atoms with Gasteiger partial charge in [0.25, 0.3) is 5.91 Å². The molecule has 0 heterocycles. The van der Waals surface area contributed by atoms with Crippen LogP contribution in [0.2, 0.25) is 5.02 Å². The van der Waals surface area contributed by atoms with Gasteiger partial charge in [-0.25, -0.2) is 8.78 Å². The largest absolute Gasteiger partial charge is 0.490 e. The van der Waals surface area contributed by atoms with Crippen LogP contribution in [0.25, 0.3) is 0 Å². The van der Waals surface area contributed by atoms with Gasteiger partial charge in [-0.05, 0) is 62.1 Å². The second-order valence-corrected chi connectivity index (χ2v) is 6.16. The molecule has 1 aliphatic rings. The highest BCUT2D eigenvalue weighted by Crippen LogP contribution is 2.26. The lowest BCUT2D eigenvalue weighted by Crippen LogP contribution is -2.13. The normalized spacial score (nSPS) is 14.6. The molecule has 6 heteroatoms. The van der Waals surface area contributed by atoms with Crippen molar-refractivity contribution < 1.29 is 18.3 Å². The summed E-state index contributed by atoms with van der Waals surface area (Å²) in [6.45, 7) is 0. The number of rotatable bonds is 4. The smallest absolute Gasteiger partial charge is 0.257 e. The molecule has 0 bridgehead atoms. The monoisotopic (exact) mass is 351 g/mol. The zero-order valence-electron chi connectivity index (χ0n) is 12.8. The van der Waals surface area contributed by atoms with Crippen LogP contribution in [0.1, 0.15) is 36.0 Å². The molecule has 3 rings (SSSR count). The van der Waals surface area contributed by atoms with Crippen LogP contribution >= 0.6 is 11.6 Å². The van der Waals surface area contributed by atoms with E-state index in [4.69, 9.17) is 16.3 Å². The Balaban J connectivity index is 1.67. The van der Waals surface area contributed by atoms with Crippen LogP contribution in [-0.2, 0) is 0 Å². The van der Waals surface area contributed by atoms with Crippen molar-refractivity contribution in [3.8, 4) is 5.75 Å². The fourth-order valence-corrected chi connectivity index (χ4v) is 2.95. The van der Waals surface area contributed by atoms with Crippen molar-refractivity contribution in [1.82, 2.24) is 0 Å². The van der Waals surface area contributed by atoms with Gasteiger partial charge in [0, 0.05) is 5.69 Å². The number of carbonyl (C=O) groups excluding carboxylic acids is 1. The molecule has 1 amide bonds. The summed E-state index contributed by atoms with van der Waals surface area (Å²) in [7, 11) is 0. The molecule has 0 unspecified atom stereocenters. The third kappa shape index (κ3) is 3.85. The molecule has 0 aliphatic heterocycles. The van der Waals surface area contributed by atoms with E-state index in [9.17, 15) is 13.6 Å². The quantitative estimate of drug-likeness (QED) is 0.769. The van der Waals surface area contributed by atoms with Crippen molar-refractivity contribution in [3.63, 3.8) is 0 Å². The summed E-state index contributed by atoms with van der Waals surface area (Å²) in [5.41, 5.74) is 0.390. The molecule has 2 aromatic carbocycles. The van der Waals surface area contributed by atoms with Gasteiger partial charge >= 0.3 is 0 Å². The number of carbonyl (C=O) groups is 1. The van der Waals surface area contributed by atoms with Crippen LogP contribution in [0.4, 0.5) is 14.5 Å². The van der Waals surface area contributed by atoms with Gasteiger partial charge in [-0.3, -0.25) is 4.79 Å². The summed E-state index contributed by atoms with van der Waals surface area (Å²) in [6, 6.07) is 8.47. The molecule has 126 valence electrons. The number of ether oxygens (including phenoxy) is 1. The average molecular weight is 352 g/mol. The van der Waals surface area contributed by atoms with Gasteiger partial charge < -0.3 is 10.1 Å². The van der Waals surface area contributed by atoms with E-state index in [0.29, 0.717) is 5.69 Å². The lowest BCUT2D eigenvalue weighted by molar-refractivity contribution is 0.102. The Labute approximate surface area is 143 Å². The van der Waals surface area contributed by atoms with Crippen molar-refractivity contribution in [3.05, 3.63) is 58.6 Å². The fourth-order valence-electron chi connectivity index (χ4n) is 2.71. The molecule has 0 atom stereocenters. The summed E-state index contributed by atoms with van der Waals surface area (Å²) >= 11 is 5.80. The van der Waals surface area contributed by atoms with Gasteiger partial charge in [0.1, 0.15) is 5.75 Å². The number of nitrogens with one attached hydrogen (secondary N) is 1. The van der Waals surface area contributed by atoms with Gasteiger partial charge in [0.05, 0.1) is 16.7 Å². The van der Waals surface area contributed by atoms with Crippen LogP contribution in [0, 0.1) is 11.6 Å². The summed E-state index contributed by atoms with van der Waals surface area (Å²) < 4.78 is 32.2. The van der Waals surface area contributed by atoms with E-state index in [-0.39, 0.29) is 16.7 Å². The maximum Gasteiger partial charge on any atom is 0.257 e. The zero-order valence-corrected chi connectivity index (χ0v) is 13.6. The number of anilines is 1. The topological polar surface area (TPSA) is 38.3 Å². The maximum absolute atomic E-state index is 13.3. The van der Waals surface area contributed by atoms with Crippen LogP contribution in [0.3, 0.4) is 0 Å². The van der Waals surface area contributed by atoms with E-state index >= 15 is 0 Å². The predicted molar refractivity (Wildman–Crippen MR) is 88.6 cm³/mol. The van der Waals surface area contributed by atoms with Crippen molar-refractivity contribution in [1.29, 1.82) is 0 Å². The first kappa shape index (κ1) is 16.7. The standard InChI is InChI=1S/C18H16ClF2NO2/c19-15-10-17(21)16(20)9-14(15)18(23)22-11-5-7-13(8-6-11)24-12-3-1-2-4-12/h5-10,12H,1-4H2,(H,22,23). The van der Waals surface area contributed by atoms with Gasteiger partial charge in [0.15, 0.2) is 11.6 Å². The number of amides is 1. The molecule has 24 heavy (non-hydrogen) atoms. The third-order valence-electron chi connectivity index (χ3n) is 3.97. The highest BCUT2D eigenvalue weighted by molar-refractivity contribution is 6.34. The zero-order chi connectivity index (χ0) is 17.1. The molecular weight excluding hydrogens is 336 g/mol. The SMILES string of the molecule is O=C(Nc1ccc(OC2CCCC2)cc1)c1cc(F)c(F)cc1Cl. The summed E-state index contributed by atoms with van der Waals surface area (Å²) in [5.74, 6) is -2.08. The number of benzene rings is 2. The highest BCUT2D eigenvalue weighted by Gasteiger charge is 2.17. The van der Waals surface area contributed by atoms with E-state index in [1.807, 2.05) is 0 Å². The van der Waals surface area contributed by atoms with Crippen molar-refractivity contribution in [2.75, 3.05) is 5.32 Å². The van der Waals surface area contributed by atoms with E-state index in [2.05, 4.69) is 5.32 Å². The molecule has 2 aromatic rings. The fraction of sp³-hybridized carbons (Fsp3) is 0.278. The van der Waals surface area contributed by atoms with Crippen LogP contribution < -0.4 is 10.1 Å². The lowest BCUT2D eigenvalue weighted by atomic mass is 10.2. The minimum atomic E-state index is -1.12. The van der Waals surface area contributed by atoms with Gasteiger partial charge in [-0.2, -0.15) is 0 Å². The maximum atomic E-state index is 13.3. The van der Waals surface area contributed by atoms with E-state index < -0.39 is 17.5 Å². The first-order valence-corrected chi connectivity index (χ1v) is 8.13. The molecule has 0 spiro atoms. The molecule has 0 aromatic heterocycles. The van der Waals surface area contributed by atoms with E-state index in [1.165, 1.54) is 12.8 Å². The van der Waals surface area contributed by atoms with Crippen LogP contribution in [-0.4, -0.2) is 12.0 Å². The second-order valence-electron chi connectivity index (χ2n) is 5.75. The Morgan fingerprint density at radius 1 is 1.08 bits per heavy atom. The van der Waals surface area contributed by atoms with Crippen LogP contribution in [0.5, 0.6) is 5.75 Å². The second kappa shape index (κ2) is 7.18. The third-order valence-corrected chi connectivity index (χ3v) is 4.28. The Hall–Kier alpha value is -2.14. The van der Waals surface area contributed by atoms with Gasteiger partial charge in [0.2, 0.25) is 0 Å². The minimum absolute atomic E-state index is 0.123. The summed E-state index contributed by atoms with van der Waals surface area (Å²) in [6.07, 6.45) is 4.76. The van der Waals surface area contributed by atoms with Crippen molar-refractivity contribution >= 4 is 23.2 Å². The van der Waals surface area contributed by atoms with E-state index in [0.717, 1.165) is 30.7 Å². The number of halogens is 3. The minimum Gasteiger partial charge on any atom is -0.490 e.